The molecule has 0 radical (unpaired) electrons. The second-order valence-electron chi connectivity index (χ2n) is 5.98. The SMILES string of the molecule is CCOc1cc(-c2cc(C)[nH]c(=O)c2C#N)ccc1OCC(C)C. The Kier molecular flexibility index (Phi) is 5.64. The van der Waals surface area contributed by atoms with Crippen LogP contribution in [0.15, 0.2) is 29.1 Å². The van der Waals surface area contributed by atoms with E-state index in [0.717, 1.165) is 5.56 Å². The lowest BCUT2D eigenvalue weighted by atomic mass is 10.0. The summed E-state index contributed by atoms with van der Waals surface area (Å²) in [5, 5.41) is 9.30. The van der Waals surface area contributed by atoms with E-state index in [9.17, 15) is 10.1 Å². The second kappa shape index (κ2) is 7.69. The Labute approximate surface area is 141 Å². The molecular weight excluding hydrogens is 304 g/mol. The van der Waals surface area contributed by atoms with Gasteiger partial charge in [-0.15, -0.1) is 0 Å². The van der Waals surface area contributed by atoms with Gasteiger partial charge in [0.15, 0.2) is 11.5 Å². The van der Waals surface area contributed by atoms with Gasteiger partial charge in [0.2, 0.25) is 0 Å². The quantitative estimate of drug-likeness (QED) is 0.879. The highest BCUT2D eigenvalue weighted by atomic mass is 16.5. The molecular formula is C19H22N2O3. The summed E-state index contributed by atoms with van der Waals surface area (Å²) in [7, 11) is 0. The number of aryl methyl sites for hydroxylation is 1. The topological polar surface area (TPSA) is 75.1 Å². The van der Waals surface area contributed by atoms with E-state index >= 15 is 0 Å². The Morgan fingerprint density at radius 2 is 1.96 bits per heavy atom. The first-order valence-electron chi connectivity index (χ1n) is 8.00. The van der Waals surface area contributed by atoms with Crippen LogP contribution >= 0.6 is 0 Å². The molecule has 24 heavy (non-hydrogen) atoms. The number of nitrogens with zero attached hydrogens (tertiary/aromatic N) is 1. The van der Waals surface area contributed by atoms with Gasteiger partial charge in [-0.05, 0) is 43.5 Å². The number of hydrogen-bond acceptors (Lipinski definition) is 4. The fourth-order valence-corrected chi connectivity index (χ4v) is 2.35. The van der Waals surface area contributed by atoms with Gasteiger partial charge in [0.05, 0.1) is 13.2 Å². The molecule has 126 valence electrons. The Balaban J connectivity index is 2.51. The molecule has 2 rings (SSSR count). The molecule has 0 saturated carbocycles. The van der Waals surface area contributed by atoms with Crippen molar-refractivity contribution in [2.24, 2.45) is 5.92 Å². The van der Waals surface area contributed by atoms with Crippen molar-refractivity contribution in [3.8, 4) is 28.7 Å². The first kappa shape index (κ1) is 17.6. The van der Waals surface area contributed by atoms with Gasteiger partial charge in [-0.2, -0.15) is 5.26 Å². The van der Waals surface area contributed by atoms with E-state index in [1.165, 1.54) is 0 Å². The number of H-pyrrole nitrogens is 1. The molecule has 1 aromatic carbocycles. The van der Waals surface area contributed by atoms with E-state index in [1.807, 2.05) is 31.2 Å². The molecule has 0 fully saturated rings. The second-order valence-corrected chi connectivity index (χ2v) is 5.98. The molecule has 0 aliphatic heterocycles. The zero-order valence-electron chi connectivity index (χ0n) is 14.5. The lowest BCUT2D eigenvalue weighted by Crippen LogP contribution is -2.12. The molecule has 0 bridgehead atoms. The van der Waals surface area contributed by atoms with Gasteiger partial charge in [0.1, 0.15) is 11.6 Å². The summed E-state index contributed by atoms with van der Waals surface area (Å²) in [5.74, 6) is 1.67. The van der Waals surface area contributed by atoms with Gasteiger partial charge in [0.25, 0.3) is 5.56 Å². The van der Waals surface area contributed by atoms with Crippen molar-refractivity contribution in [3.63, 3.8) is 0 Å². The van der Waals surface area contributed by atoms with Crippen LogP contribution in [0.1, 0.15) is 32.0 Å². The van der Waals surface area contributed by atoms with Gasteiger partial charge < -0.3 is 14.5 Å². The van der Waals surface area contributed by atoms with Crippen molar-refractivity contribution < 1.29 is 9.47 Å². The molecule has 0 aliphatic carbocycles. The van der Waals surface area contributed by atoms with Crippen LogP contribution < -0.4 is 15.0 Å². The number of rotatable bonds is 6. The maximum absolute atomic E-state index is 12.0. The maximum atomic E-state index is 12.0. The number of nitrogens with one attached hydrogen (secondary N) is 1. The number of aromatic nitrogens is 1. The number of nitriles is 1. The van der Waals surface area contributed by atoms with Crippen LogP contribution in [-0.2, 0) is 0 Å². The number of ether oxygens (including phenoxy) is 2. The van der Waals surface area contributed by atoms with Crippen LogP contribution in [0.25, 0.3) is 11.1 Å². The third-order valence-corrected chi connectivity index (χ3v) is 3.41. The van der Waals surface area contributed by atoms with Crippen LogP contribution in [0.5, 0.6) is 11.5 Å². The first-order chi connectivity index (χ1) is 11.5. The van der Waals surface area contributed by atoms with Crippen molar-refractivity contribution in [1.82, 2.24) is 4.98 Å². The standard InChI is InChI=1S/C19H22N2O3/c1-5-23-18-9-14(6-7-17(18)24-11-12(2)3)15-8-13(4)21-19(22)16(15)10-20/h6-9,12H,5,11H2,1-4H3,(H,21,22). The summed E-state index contributed by atoms with van der Waals surface area (Å²) in [6, 6.07) is 9.25. The summed E-state index contributed by atoms with van der Waals surface area (Å²) in [4.78, 5) is 14.6. The average molecular weight is 326 g/mol. The lowest BCUT2D eigenvalue weighted by molar-refractivity contribution is 0.248. The number of hydrogen-bond donors (Lipinski definition) is 1. The van der Waals surface area contributed by atoms with Gasteiger partial charge in [-0.3, -0.25) is 4.79 Å². The molecule has 0 spiro atoms. The van der Waals surface area contributed by atoms with E-state index in [0.29, 0.717) is 41.9 Å². The Bertz CT molecular complexity index is 816. The van der Waals surface area contributed by atoms with Crippen LogP contribution in [0, 0.1) is 24.2 Å². The molecule has 0 aliphatic rings. The molecule has 5 heteroatoms. The number of aromatic amines is 1. The van der Waals surface area contributed by atoms with Crippen molar-refractivity contribution in [2.75, 3.05) is 13.2 Å². The van der Waals surface area contributed by atoms with Crippen LogP contribution in [0.4, 0.5) is 0 Å². The molecule has 0 unspecified atom stereocenters. The summed E-state index contributed by atoms with van der Waals surface area (Å²) in [6.07, 6.45) is 0. The summed E-state index contributed by atoms with van der Waals surface area (Å²) >= 11 is 0. The van der Waals surface area contributed by atoms with Gasteiger partial charge in [-0.1, -0.05) is 19.9 Å². The van der Waals surface area contributed by atoms with E-state index in [4.69, 9.17) is 9.47 Å². The zero-order chi connectivity index (χ0) is 17.7. The average Bonchev–Trinajstić information content (AvgIpc) is 2.53. The van der Waals surface area contributed by atoms with Gasteiger partial charge >= 0.3 is 0 Å². The van der Waals surface area contributed by atoms with E-state index < -0.39 is 0 Å². The zero-order valence-corrected chi connectivity index (χ0v) is 14.5. The molecule has 1 N–H and O–H groups in total. The van der Waals surface area contributed by atoms with E-state index in [-0.39, 0.29) is 11.1 Å². The molecule has 0 saturated heterocycles. The third-order valence-electron chi connectivity index (χ3n) is 3.41. The largest absolute Gasteiger partial charge is 0.490 e. The van der Waals surface area contributed by atoms with E-state index in [1.54, 1.807) is 13.0 Å². The minimum absolute atomic E-state index is 0.0962. The summed E-state index contributed by atoms with van der Waals surface area (Å²) < 4.78 is 11.5. The van der Waals surface area contributed by atoms with Crippen LogP contribution in [-0.4, -0.2) is 18.2 Å². The number of benzene rings is 1. The minimum Gasteiger partial charge on any atom is -0.490 e. The van der Waals surface area contributed by atoms with Crippen LogP contribution in [0.2, 0.25) is 0 Å². The maximum Gasteiger partial charge on any atom is 0.266 e. The highest BCUT2D eigenvalue weighted by molar-refractivity contribution is 5.72. The molecule has 1 aromatic heterocycles. The molecule has 0 amide bonds. The van der Waals surface area contributed by atoms with Crippen LogP contribution in [0.3, 0.4) is 0 Å². The van der Waals surface area contributed by atoms with Gasteiger partial charge in [0, 0.05) is 11.3 Å². The highest BCUT2D eigenvalue weighted by Gasteiger charge is 2.14. The third kappa shape index (κ3) is 3.96. The van der Waals surface area contributed by atoms with E-state index in [2.05, 4.69) is 18.8 Å². The predicted octanol–water partition coefficient (Wildman–Crippen LogP) is 3.66. The monoisotopic (exact) mass is 326 g/mol. The normalized spacial score (nSPS) is 10.5. The Morgan fingerprint density at radius 3 is 2.58 bits per heavy atom. The molecule has 0 atom stereocenters. The Hall–Kier alpha value is -2.74. The number of pyridine rings is 1. The first-order valence-corrected chi connectivity index (χ1v) is 8.00. The molecule has 5 nitrogen and oxygen atoms in total. The highest BCUT2D eigenvalue weighted by Crippen LogP contribution is 2.34. The fraction of sp³-hybridized carbons (Fsp3) is 0.368. The summed E-state index contributed by atoms with van der Waals surface area (Å²) in [6.45, 7) is 8.93. The van der Waals surface area contributed by atoms with Crippen molar-refractivity contribution >= 4 is 0 Å². The van der Waals surface area contributed by atoms with Gasteiger partial charge in [-0.25, -0.2) is 0 Å². The minimum atomic E-state index is -0.384. The molecule has 2 aromatic rings. The predicted molar refractivity (Wildman–Crippen MR) is 93.5 cm³/mol. The Morgan fingerprint density at radius 1 is 1.21 bits per heavy atom. The summed E-state index contributed by atoms with van der Waals surface area (Å²) in [5.41, 5.74) is 1.76. The van der Waals surface area contributed by atoms with Crippen molar-refractivity contribution in [1.29, 1.82) is 5.26 Å². The lowest BCUT2D eigenvalue weighted by Gasteiger charge is -2.15. The molecule has 1 heterocycles. The van der Waals surface area contributed by atoms with Crippen molar-refractivity contribution in [3.05, 3.63) is 45.9 Å². The van der Waals surface area contributed by atoms with Crippen molar-refractivity contribution in [2.45, 2.75) is 27.7 Å². The fourth-order valence-electron chi connectivity index (χ4n) is 2.35. The smallest absolute Gasteiger partial charge is 0.266 e.